The Kier molecular flexibility index (Phi) is 2.92. The smallest absolute Gasteiger partial charge is 0.131 e. The molecule has 0 atom stereocenters. The molecule has 0 saturated heterocycles. The lowest BCUT2D eigenvalue weighted by molar-refractivity contribution is 0.631. The van der Waals surface area contributed by atoms with Gasteiger partial charge in [0, 0.05) is 21.8 Å². The molecular formula is C12H10BrFN2. The zero-order valence-electron chi connectivity index (χ0n) is 8.67. The van der Waals surface area contributed by atoms with Gasteiger partial charge < -0.3 is 5.73 Å². The van der Waals surface area contributed by atoms with E-state index in [-0.39, 0.29) is 5.82 Å². The Balaban J connectivity index is 2.62. The van der Waals surface area contributed by atoms with Crippen molar-refractivity contribution in [3.05, 3.63) is 46.3 Å². The highest BCUT2D eigenvalue weighted by Gasteiger charge is 2.09. The van der Waals surface area contributed by atoms with Gasteiger partial charge in [0.1, 0.15) is 11.6 Å². The molecule has 82 valence electrons. The normalized spacial score (nSPS) is 10.4. The molecule has 1 heterocycles. The molecule has 0 saturated carbocycles. The second-order valence-electron chi connectivity index (χ2n) is 3.55. The van der Waals surface area contributed by atoms with E-state index >= 15 is 0 Å². The van der Waals surface area contributed by atoms with Crippen LogP contribution in [0.15, 0.2) is 34.9 Å². The molecule has 16 heavy (non-hydrogen) atoms. The predicted octanol–water partition coefficient (Wildman–Crippen LogP) is 3.54. The maximum absolute atomic E-state index is 13.7. The van der Waals surface area contributed by atoms with Crippen molar-refractivity contribution in [3.8, 4) is 11.1 Å². The molecule has 0 aliphatic heterocycles. The van der Waals surface area contributed by atoms with Crippen molar-refractivity contribution in [1.29, 1.82) is 0 Å². The Hall–Kier alpha value is -1.42. The number of halogens is 2. The Labute approximate surface area is 101 Å². The standard InChI is InChI=1S/C12H10BrFN2/c1-7-4-12(15)16-6-10(7)9-5-8(13)2-3-11(9)14/h2-6H,1H3,(H2,15,16). The van der Waals surface area contributed by atoms with Crippen LogP contribution in [0.4, 0.5) is 10.2 Å². The van der Waals surface area contributed by atoms with Crippen LogP contribution in [0.5, 0.6) is 0 Å². The fourth-order valence-corrected chi connectivity index (χ4v) is 1.92. The number of aromatic nitrogens is 1. The number of rotatable bonds is 1. The molecule has 0 spiro atoms. The van der Waals surface area contributed by atoms with Crippen molar-refractivity contribution in [2.75, 3.05) is 5.73 Å². The summed E-state index contributed by atoms with van der Waals surface area (Å²) in [6.45, 7) is 1.88. The number of benzene rings is 1. The molecular weight excluding hydrogens is 271 g/mol. The topological polar surface area (TPSA) is 38.9 Å². The summed E-state index contributed by atoms with van der Waals surface area (Å²) in [5.41, 5.74) is 7.75. The van der Waals surface area contributed by atoms with Crippen LogP contribution in [0.1, 0.15) is 5.56 Å². The van der Waals surface area contributed by atoms with E-state index in [1.807, 2.05) is 6.92 Å². The molecule has 0 fully saturated rings. The first-order chi connectivity index (χ1) is 7.58. The zero-order valence-corrected chi connectivity index (χ0v) is 10.3. The molecule has 1 aromatic carbocycles. The van der Waals surface area contributed by atoms with Crippen molar-refractivity contribution in [2.24, 2.45) is 0 Å². The van der Waals surface area contributed by atoms with Gasteiger partial charge in [0.25, 0.3) is 0 Å². The van der Waals surface area contributed by atoms with Gasteiger partial charge in [-0.3, -0.25) is 0 Å². The van der Waals surface area contributed by atoms with Gasteiger partial charge in [0.15, 0.2) is 0 Å². The van der Waals surface area contributed by atoms with Gasteiger partial charge in [0.05, 0.1) is 0 Å². The first-order valence-corrected chi connectivity index (χ1v) is 5.55. The summed E-state index contributed by atoms with van der Waals surface area (Å²) in [7, 11) is 0. The molecule has 2 nitrogen and oxygen atoms in total. The second kappa shape index (κ2) is 4.22. The highest BCUT2D eigenvalue weighted by molar-refractivity contribution is 9.10. The minimum Gasteiger partial charge on any atom is -0.384 e. The van der Waals surface area contributed by atoms with Gasteiger partial charge in [-0.1, -0.05) is 15.9 Å². The number of hydrogen-bond donors (Lipinski definition) is 1. The number of pyridine rings is 1. The quantitative estimate of drug-likeness (QED) is 0.868. The van der Waals surface area contributed by atoms with E-state index in [1.54, 1.807) is 24.4 Å². The zero-order chi connectivity index (χ0) is 11.7. The average molecular weight is 281 g/mol. The molecule has 0 unspecified atom stereocenters. The van der Waals surface area contributed by atoms with Crippen LogP contribution in [0.2, 0.25) is 0 Å². The SMILES string of the molecule is Cc1cc(N)ncc1-c1cc(Br)ccc1F. The van der Waals surface area contributed by atoms with Gasteiger partial charge in [-0.05, 0) is 36.8 Å². The van der Waals surface area contributed by atoms with Gasteiger partial charge in [0.2, 0.25) is 0 Å². The van der Waals surface area contributed by atoms with Gasteiger partial charge in [-0.25, -0.2) is 9.37 Å². The van der Waals surface area contributed by atoms with E-state index in [9.17, 15) is 4.39 Å². The molecule has 1 aromatic heterocycles. The summed E-state index contributed by atoms with van der Waals surface area (Å²) in [5, 5.41) is 0. The fourth-order valence-electron chi connectivity index (χ4n) is 1.56. The Bertz CT molecular complexity index is 541. The fraction of sp³-hybridized carbons (Fsp3) is 0.0833. The van der Waals surface area contributed by atoms with Crippen molar-refractivity contribution in [2.45, 2.75) is 6.92 Å². The first kappa shape index (κ1) is 11.1. The summed E-state index contributed by atoms with van der Waals surface area (Å²) in [6.07, 6.45) is 1.59. The van der Waals surface area contributed by atoms with Crippen LogP contribution in [0.25, 0.3) is 11.1 Å². The van der Waals surface area contributed by atoms with Crippen LogP contribution in [0, 0.1) is 12.7 Å². The number of aryl methyl sites for hydroxylation is 1. The second-order valence-corrected chi connectivity index (χ2v) is 4.46. The third kappa shape index (κ3) is 2.07. The predicted molar refractivity (Wildman–Crippen MR) is 66.5 cm³/mol. The van der Waals surface area contributed by atoms with Crippen molar-refractivity contribution >= 4 is 21.7 Å². The average Bonchev–Trinajstić information content (AvgIpc) is 2.22. The lowest BCUT2D eigenvalue weighted by Crippen LogP contribution is -1.94. The van der Waals surface area contributed by atoms with E-state index in [0.29, 0.717) is 11.4 Å². The lowest BCUT2D eigenvalue weighted by Gasteiger charge is -2.07. The van der Waals surface area contributed by atoms with Crippen molar-refractivity contribution in [3.63, 3.8) is 0 Å². The Morgan fingerprint density at radius 1 is 1.25 bits per heavy atom. The van der Waals surface area contributed by atoms with Crippen molar-refractivity contribution in [1.82, 2.24) is 4.98 Å². The third-order valence-corrected chi connectivity index (χ3v) is 2.84. The highest BCUT2D eigenvalue weighted by atomic mass is 79.9. The summed E-state index contributed by atoms with van der Waals surface area (Å²) >= 11 is 3.32. The van der Waals surface area contributed by atoms with E-state index < -0.39 is 0 Å². The van der Waals surface area contributed by atoms with E-state index in [0.717, 1.165) is 15.6 Å². The molecule has 2 N–H and O–H groups in total. The minimum absolute atomic E-state index is 0.266. The highest BCUT2D eigenvalue weighted by Crippen LogP contribution is 2.28. The number of anilines is 1. The van der Waals surface area contributed by atoms with E-state index in [4.69, 9.17) is 5.73 Å². The number of hydrogen-bond acceptors (Lipinski definition) is 2. The summed E-state index contributed by atoms with van der Waals surface area (Å²) in [5.74, 6) is 0.175. The van der Waals surface area contributed by atoms with Crippen LogP contribution in [-0.2, 0) is 0 Å². The third-order valence-electron chi connectivity index (χ3n) is 2.35. The Morgan fingerprint density at radius 2 is 2.00 bits per heavy atom. The van der Waals surface area contributed by atoms with Crippen LogP contribution >= 0.6 is 15.9 Å². The lowest BCUT2D eigenvalue weighted by atomic mass is 10.0. The van der Waals surface area contributed by atoms with Gasteiger partial charge in [-0.2, -0.15) is 0 Å². The van der Waals surface area contributed by atoms with Gasteiger partial charge >= 0.3 is 0 Å². The maximum Gasteiger partial charge on any atom is 0.131 e. The molecule has 0 aliphatic rings. The number of nitrogen functional groups attached to an aromatic ring is 1. The Morgan fingerprint density at radius 3 is 2.69 bits per heavy atom. The minimum atomic E-state index is -0.266. The molecule has 4 heteroatoms. The summed E-state index contributed by atoms with van der Waals surface area (Å²) in [6, 6.07) is 6.55. The first-order valence-electron chi connectivity index (χ1n) is 4.75. The molecule has 2 aromatic rings. The summed E-state index contributed by atoms with van der Waals surface area (Å²) in [4.78, 5) is 3.98. The molecule has 0 amide bonds. The van der Waals surface area contributed by atoms with Gasteiger partial charge in [-0.15, -0.1) is 0 Å². The maximum atomic E-state index is 13.7. The largest absolute Gasteiger partial charge is 0.384 e. The molecule has 2 rings (SSSR count). The van der Waals surface area contributed by atoms with Crippen LogP contribution in [-0.4, -0.2) is 4.98 Å². The molecule has 0 bridgehead atoms. The van der Waals surface area contributed by atoms with E-state index in [2.05, 4.69) is 20.9 Å². The molecule has 0 radical (unpaired) electrons. The van der Waals surface area contributed by atoms with Crippen LogP contribution in [0.3, 0.4) is 0 Å². The number of nitrogens with zero attached hydrogens (tertiary/aromatic N) is 1. The molecule has 0 aliphatic carbocycles. The number of nitrogens with two attached hydrogens (primary N) is 1. The van der Waals surface area contributed by atoms with Crippen molar-refractivity contribution < 1.29 is 4.39 Å². The van der Waals surface area contributed by atoms with E-state index in [1.165, 1.54) is 6.07 Å². The van der Waals surface area contributed by atoms with Crippen LogP contribution < -0.4 is 5.73 Å². The summed E-state index contributed by atoms with van der Waals surface area (Å²) < 4.78 is 14.5. The monoisotopic (exact) mass is 280 g/mol.